The molecule has 0 aliphatic heterocycles. The zero-order chi connectivity index (χ0) is 19.2. The van der Waals surface area contributed by atoms with Crippen molar-refractivity contribution < 1.29 is 19.1 Å². The Morgan fingerprint density at radius 2 is 1.78 bits per heavy atom. The number of nitrogens with zero attached hydrogens (tertiary/aromatic N) is 2. The molecule has 2 aromatic carbocycles. The van der Waals surface area contributed by atoms with Gasteiger partial charge in [0.25, 0.3) is 0 Å². The van der Waals surface area contributed by atoms with Gasteiger partial charge < -0.3 is 9.47 Å². The van der Waals surface area contributed by atoms with E-state index in [0.29, 0.717) is 16.3 Å². The van der Waals surface area contributed by atoms with E-state index >= 15 is 0 Å². The van der Waals surface area contributed by atoms with E-state index in [0.717, 1.165) is 11.0 Å². The fourth-order valence-electron chi connectivity index (χ4n) is 2.42. The second-order valence-corrected chi connectivity index (χ2v) is 6.71. The van der Waals surface area contributed by atoms with Gasteiger partial charge in [0, 0.05) is 5.56 Å². The first-order chi connectivity index (χ1) is 13.1. The number of hydrogen-bond donors (Lipinski definition) is 0. The molecule has 0 amide bonds. The predicted octanol–water partition coefficient (Wildman–Crippen LogP) is 3.55. The Hall–Kier alpha value is -2.93. The third kappa shape index (κ3) is 4.83. The molecular weight excluding hydrogens is 364 g/mol. The lowest BCUT2D eigenvalue weighted by Gasteiger charge is -2.12. The van der Waals surface area contributed by atoms with Crippen molar-refractivity contribution in [3.05, 3.63) is 60.3 Å². The average Bonchev–Trinajstić information content (AvgIpc) is 2.71. The minimum atomic E-state index is -0.866. The Labute approximate surface area is 160 Å². The number of ketones is 1. The van der Waals surface area contributed by atoms with Crippen LogP contribution in [0.1, 0.15) is 17.3 Å². The van der Waals surface area contributed by atoms with Crippen LogP contribution >= 0.6 is 11.8 Å². The molecule has 0 saturated heterocycles. The summed E-state index contributed by atoms with van der Waals surface area (Å²) in [5, 5.41) is 0.625. The van der Waals surface area contributed by atoms with E-state index in [-0.39, 0.29) is 11.5 Å². The molecule has 0 saturated carbocycles. The molecule has 0 unspecified atom stereocenters. The van der Waals surface area contributed by atoms with E-state index in [1.165, 1.54) is 11.8 Å². The van der Waals surface area contributed by atoms with Crippen molar-refractivity contribution in [2.24, 2.45) is 0 Å². The maximum atomic E-state index is 12.4. The van der Waals surface area contributed by atoms with Crippen LogP contribution in [0.2, 0.25) is 0 Å². The summed E-state index contributed by atoms with van der Waals surface area (Å²) in [7, 11) is 1.55. The summed E-state index contributed by atoms with van der Waals surface area (Å²) in [5.74, 6) is -0.0392. The molecule has 0 N–H and O–H groups in total. The van der Waals surface area contributed by atoms with E-state index in [1.54, 1.807) is 44.5 Å². The number of rotatable bonds is 7. The van der Waals surface area contributed by atoms with Gasteiger partial charge in [-0.3, -0.25) is 14.6 Å². The molecule has 3 rings (SSSR count). The number of methoxy groups -OCH3 is 1. The largest absolute Gasteiger partial charge is 0.497 e. The van der Waals surface area contributed by atoms with Gasteiger partial charge in [-0.1, -0.05) is 23.9 Å². The van der Waals surface area contributed by atoms with Crippen molar-refractivity contribution in [2.75, 3.05) is 12.9 Å². The van der Waals surface area contributed by atoms with Crippen LogP contribution in [0, 0.1) is 0 Å². The van der Waals surface area contributed by atoms with Gasteiger partial charge in [-0.2, -0.15) is 0 Å². The Balaban J connectivity index is 1.55. The lowest BCUT2D eigenvalue weighted by molar-refractivity contribution is -0.143. The number of ether oxygens (including phenoxy) is 2. The Morgan fingerprint density at radius 1 is 1.07 bits per heavy atom. The van der Waals surface area contributed by atoms with Gasteiger partial charge >= 0.3 is 5.97 Å². The third-order valence-corrected chi connectivity index (χ3v) is 4.69. The van der Waals surface area contributed by atoms with Crippen LogP contribution in [0.3, 0.4) is 0 Å². The van der Waals surface area contributed by atoms with E-state index in [9.17, 15) is 9.59 Å². The van der Waals surface area contributed by atoms with Crippen molar-refractivity contribution in [1.82, 2.24) is 9.97 Å². The monoisotopic (exact) mass is 382 g/mol. The predicted molar refractivity (Wildman–Crippen MR) is 103 cm³/mol. The minimum absolute atomic E-state index is 0.0489. The Kier molecular flexibility index (Phi) is 6.03. The van der Waals surface area contributed by atoms with Gasteiger partial charge in [0.05, 0.1) is 30.1 Å². The Morgan fingerprint density at radius 3 is 2.48 bits per heavy atom. The van der Waals surface area contributed by atoms with Crippen molar-refractivity contribution in [2.45, 2.75) is 18.1 Å². The first kappa shape index (κ1) is 18.8. The number of Topliss-reactive ketones (excluding diaryl/α,β-unsaturated/α-hetero) is 1. The molecule has 0 aliphatic carbocycles. The fourth-order valence-corrected chi connectivity index (χ4v) is 3.04. The summed E-state index contributed by atoms with van der Waals surface area (Å²) in [6.07, 6.45) is 0.751. The van der Waals surface area contributed by atoms with E-state index < -0.39 is 12.1 Å². The SMILES string of the molecule is COc1ccc(C(=O)[C@@H](C)OC(=O)CSc2cnc3ccccc3n2)cc1. The number of aromatic nitrogens is 2. The number of fused-ring (bicyclic) bond motifs is 1. The van der Waals surface area contributed by atoms with Crippen LogP contribution in [-0.2, 0) is 9.53 Å². The molecule has 1 atom stereocenters. The molecule has 138 valence electrons. The summed E-state index contributed by atoms with van der Waals surface area (Å²) in [5.41, 5.74) is 2.02. The number of para-hydroxylation sites is 2. The minimum Gasteiger partial charge on any atom is -0.497 e. The van der Waals surface area contributed by atoms with Crippen LogP contribution < -0.4 is 4.74 Å². The van der Waals surface area contributed by atoms with Crippen molar-refractivity contribution in [3.8, 4) is 5.75 Å². The highest BCUT2D eigenvalue weighted by Crippen LogP contribution is 2.19. The number of hydrogen-bond acceptors (Lipinski definition) is 7. The van der Waals surface area contributed by atoms with E-state index in [1.807, 2.05) is 24.3 Å². The van der Waals surface area contributed by atoms with Crippen molar-refractivity contribution in [1.29, 1.82) is 0 Å². The molecule has 6 nitrogen and oxygen atoms in total. The quantitative estimate of drug-likeness (QED) is 0.351. The topological polar surface area (TPSA) is 78.4 Å². The van der Waals surface area contributed by atoms with Gasteiger partial charge in [0.1, 0.15) is 10.8 Å². The fraction of sp³-hybridized carbons (Fsp3) is 0.200. The van der Waals surface area contributed by atoms with Gasteiger partial charge in [-0.15, -0.1) is 0 Å². The summed E-state index contributed by atoms with van der Waals surface area (Å²) in [4.78, 5) is 33.2. The zero-order valence-corrected chi connectivity index (χ0v) is 15.7. The summed E-state index contributed by atoms with van der Waals surface area (Å²) < 4.78 is 10.3. The number of carbonyl (C=O) groups excluding carboxylic acids is 2. The highest BCUT2D eigenvalue weighted by Gasteiger charge is 2.19. The molecular formula is C20H18N2O4S. The highest BCUT2D eigenvalue weighted by atomic mass is 32.2. The molecule has 0 aliphatic rings. The summed E-state index contributed by atoms with van der Waals surface area (Å²) in [6.45, 7) is 1.56. The number of carbonyl (C=O) groups is 2. The normalized spacial score (nSPS) is 11.8. The van der Waals surface area contributed by atoms with E-state index in [2.05, 4.69) is 9.97 Å². The lowest BCUT2D eigenvalue weighted by atomic mass is 10.1. The Bertz CT molecular complexity index is 960. The number of benzene rings is 2. The van der Waals surface area contributed by atoms with Crippen LogP contribution in [-0.4, -0.2) is 40.7 Å². The van der Waals surface area contributed by atoms with E-state index in [4.69, 9.17) is 9.47 Å². The average molecular weight is 382 g/mol. The second kappa shape index (κ2) is 8.64. The van der Waals surface area contributed by atoms with Crippen molar-refractivity contribution >= 4 is 34.5 Å². The molecule has 1 heterocycles. The molecule has 7 heteroatoms. The zero-order valence-electron chi connectivity index (χ0n) is 14.9. The smallest absolute Gasteiger partial charge is 0.317 e. The first-order valence-electron chi connectivity index (χ1n) is 8.29. The summed E-state index contributed by atoms with van der Waals surface area (Å²) in [6, 6.07) is 14.2. The molecule has 27 heavy (non-hydrogen) atoms. The molecule has 3 aromatic rings. The van der Waals surface area contributed by atoms with Crippen LogP contribution in [0.4, 0.5) is 0 Å². The third-order valence-electron chi connectivity index (χ3n) is 3.82. The number of thioether (sulfide) groups is 1. The lowest BCUT2D eigenvalue weighted by Crippen LogP contribution is -2.25. The van der Waals surface area contributed by atoms with Crippen LogP contribution in [0.25, 0.3) is 11.0 Å². The molecule has 0 bridgehead atoms. The van der Waals surface area contributed by atoms with Gasteiger partial charge in [-0.25, -0.2) is 4.98 Å². The highest BCUT2D eigenvalue weighted by molar-refractivity contribution is 7.99. The van der Waals surface area contributed by atoms with Gasteiger partial charge in [-0.05, 0) is 43.3 Å². The molecule has 0 fully saturated rings. The van der Waals surface area contributed by atoms with Gasteiger partial charge in [0.15, 0.2) is 6.10 Å². The molecule has 0 spiro atoms. The summed E-state index contributed by atoms with van der Waals surface area (Å²) >= 11 is 1.22. The number of esters is 1. The maximum absolute atomic E-state index is 12.4. The molecule has 0 radical (unpaired) electrons. The molecule has 1 aromatic heterocycles. The van der Waals surface area contributed by atoms with Gasteiger partial charge in [0.2, 0.25) is 5.78 Å². The van der Waals surface area contributed by atoms with Crippen LogP contribution in [0.15, 0.2) is 59.8 Å². The first-order valence-corrected chi connectivity index (χ1v) is 9.27. The standard InChI is InChI=1S/C20H18N2O4S/c1-13(20(24)14-7-9-15(25-2)10-8-14)26-19(23)12-27-18-11-21-16-5-3-4-6-17(16)22-18/h3-11,13H,12H2,1-2H3/t13-/m1/s1. The van der Waals surface area contributed by atoms with Crippen molar-refractivity contribution in [3.63, 3.8) is 0 Å². The van der Waals surface area contributed by atoms with Crippen LogP contribution in [0.5, 0.6) is 5.75 Å². The second-order valence-electron chi connectivity index (χ2n) is 5.71. The maximum Gasteiger partial charge on any atom is 0.317 e.